The summed E-state index contributed by atoms with van der Waals surface area (Å²) in [5.41, 5.74) is 0.898. The predicted molar refractivity (Wildman–Crippen MR) is 86.3 cm³/mol. The molecule has 22 heavy (non-hydrogen) atoms. The molecular weight excluding hydrogens is 304 g/mol. The van der Waals surface area contributed by atoms with Gasteiger partial charge in [0.2, 0.25) is 5.91 Å². The number of carbonyl (C=O) groups is 2. The second-order valence-electron chi connectivity index (χ2n) is 5.51. The Hall–Kier alpha value is -1.59. The number of likely N-dealkylation sites (tertiary alicyclic amines) is 1. The molecule has 1 fully saturated rings. The molecule has 1 aromatic carbocycles. The minimum atomic E-state index is -0.459. The number of ether oxygens (including phenoxy) is 1. The molecule has 1 unspecified atom stereocenters. The lowest BCUT2D eigenvalue weighted by molar-refractivity contribution is -0.121. The number of esters is 1. The molecule has 2 rings (SSSR count). The molecule has 0 saturated carbocycles. The largest absolute Gasteiger partial charge is 0.462 e. The number of hydrogen-bond donors (Lipinski definition) is 1. The van der Waals surface area contributed by atoms with E-state index in [9.17, 15) is 9.59 Å². The number of piperidine rings is 1. The number of rotatable bonds is 4. The first-order valence-electron chi connectivity index (χ1n) is 7.47. The number of nitrogens with one attached hydrogen (secondary N) is 1. The minimum absolute atomic E-state index is 0.00787. The molecular formula is C16H21ClN2O3. The molecule has 0 aliphatic carbocycles. The van der Waals surface area contributed by atoms with Gasteiger partial charge in [0.15, 0.2) is 0 Å². The Morgan fingerprint density at radius 3 is 2.86 bits per heavy atom. The van der Waals surface area contributed by atoms with Crippen molar-refractivity contribution in [1.29, 1.82) is 0 Å². The maximum Gasteiger partial charge on any atom is 0.339 e. The Balaban J connectivity index is 2.02. The second-order valence-corrected chi connectivity index (χ2v) is 5.91. The standard InChI is InChI=1S/C16H21ClN2O3/c1-3-22-16(21)13-7-6-12(9-14(13)17)18-15(20)11-5-4-8-19(2)10-11/h6-7,9,11H,3-5,8,10H2,1-2H3,(H,18,20). The van der Waals surface area contributed by atoms with Crippen molar-refractivity contribution >= 4 is 29.2 Å². The number of anilines is 1. The molecule has 1 atom stereocenters. The average Bonchev–Trinajstić information content (AvgIpc) is 2.47. The van der Waals surface area contributed by atoms with Crippen LogP contribution in [-0.2, 0) is 9.53 Å². The van der Waals surface area contributed by atoms with E-state index in [0.717, 1.165) is 25.9 Å². The van der Waals surface area contributed by atoms with Crippen molar-refractivity contribution < 1.29 is 14.3 Å². The lowest BCUT2D eigenvalue weighted by Crippen LogP contribution is -2.38. The zero-order chi connectivity index (χ0) is 16.1. The Morgan fingerprint density at radius 1 is 1.45 bits per heavy atom. The van der Waals surface area contributed by atoms with E-state index in [1.54, 1.807) is 25.1 Å². The van der Waals surface area contributed by atoms with Gasteiger partial charge < -0.3 is 15.0 Å². The third-order valence-corrected chi connectivity index (χ3v) is 4.04. The first kappa shape index (κ1) is 16.8. The van der Waals surface area contributed by atoms with Gasteiger partial charge in [0.05, 0.1) is 23.1 Å². The summed E-state index contributed by atoms with van der Waals surface area (Å²) in [5.74, 6) is -0.479. The summed E-state index contributed by atoms with van der Waals surface area (Å²) in [5, 5.41) is 3.14. The topological polar surface area (TPSA) is 58.6 Å². The second kappa shape index (κ2) is 7.61. The number of hydrogen-bond acceptors (Lipinski definition) is 4. The highest BCUT2D eigenvalue weighted by molar-refractivity contribution is 6.34. The van der Waals surface area contributed by atoms with Gasteiger partial charge in [0.1, 0.15) is 0 Å². The summed E-state index contributed by atoms with van der Waals surface area (Å²) in [7, 11) is 2.02. The first-order valence-corrected chi connectivity index (χ1v) is 7.85. The highest BCUT2D eigenvalue weighted by Crippen LogP contribution is 2.23. The molecule has 1 N–H and O–H groups in total. The summed E-state index contributed by atoms with van der Waals surface area (Å²) in [6, 6.07) is 4.82. The number of amides is 1. The van der Waals surface area contributed by atoms with Gasteiger partial charge in [-0.2, -0.15) is 0 Å². The van der Waals surface area contributed by atoms with Crippen LogP contribution in [0.4, 0.5) is 5.69 Å². The van der Waals surface area contributed by atoms with Gasteiger partial charge >= 0.3 is 5.97 Å². The first-order chi connectivity index (χ1) is 10.5. The maximum atomic E-state index is 12.3. The van der Waals surface area contributed by atoms with E-state index in [4.69, 9.17) is 16.3 Å². The van der Waals surface area contributed by atoms with Gasteiger partial charge in [0, 0.05) is 12.2 Å². The SMILES string of the molecule is CCOC(=O)c1ccc(NC(=O)C2CCCN(C)C2)cc1Cl. The van der Waals surface area contributed by atoms with Crippen LogP contribution in [0.15, 0.2) is 18.2 Å². The zero-order valence-corrected chi connectivity index (χ0v) is 13.7. The summed E-state index contributed by atoms with van der Waals surface area (Å²) < 4.78 is 4.92. The third-order valence-electron chi connectivity index (χ3n) is 3.73. The van der Waals surface area contributed by atoms with Crippen LogP contribution in [-0.4, -0.2) is 43.5 Å². The van der Waals surface area contributed by atoms with Crippen molar-refractivity contribution in [3.05, 3.63) is 28.8 Å². The number of nitrogens with zero attached hydrogens (tertiary/aromatic N) is 1. The van der Waals surface area contributed by atoms with Crippen molar-refractivity contribution in [3.8, 4) is 0 Å². The Morgan fingerprint density at radius 2 is 2.23 bits per heavy atom. The van der Waals surface area contributed by atoms with E-state index in [1.807, 2.05) is 7.05 Å². The molecule has 0 aromatic heterocycles. The molecule has 0 bridgehead atoms. The van der Waals surface area contributed by atoms with Crippen LogP contribution >= 0.6 is 11.6 Å². The average molecular weight is 325 g/mol. The number of halogens is 1. The van der Waals surface area contributed by atoms with Gasteiger partial charge in [-0.15, -0.1) is 0 Å². The zero-order valence-electron chi connectivity index (χ0n) is 12.9. The molecule has 0 radical (unpaired) electrons. The van der Waals surface area contributed by atoms with Gasteiger partial charge in [-0.05, 0) is 51.6 Å². The summed E-state index contributed by atoms with van der Waals surface area (Å²) in [6.07, 6.45) is 1.92. The van der Waals surface area contributed by atoms with Crippen molar-refractivity contribution in [2.24, 2.45) is 5.92 Å². The van der Waals surface area contributed by atoms with Crippen molar-refractivity contribution in [1.82, 2.24) is 4.90 Å². The van der Waals surface area contributed by atoms with E-state index in [2.05, 4.69) is 10.2 Å². The molecule has 1 aliphatic heterocycles. The van der Waals surface area contributed by atoms with Crippen molar-refractivity contribution in [2.45, 2.75) is 19.8 Å². The van der Waals surface area contributed by atoms with Crippen LogP contribution in [0.2, 0.25) is 5.02 Å². The quantitative estimate of drug-likeness (QED) is 0.865. The van der Waals surface area contributed by atoms with E-state index in [0.29, 0.717) is 17.9 Å². The summed E-state index contributed by atoms with van der Waals surface area (Å²) >= 11 is 6.09. The molecule has 1 heterocycles. The van der Waals surface area contributed by atoms with Crippen LogP contribution in [0.25, 0.3) is 0 Å². The maximum absolute atomic E-state index is 12.3. The van der Waals surface area contributed by atoms with Crippen LogP contribution in [0, 0.1) is 5.92 Å². The van der Waals surface area contributed by atoms with Gasteiger partial charge in [-0.3, -0.25) is 4.79 Å². The Labute approximate surface area is 135 Å². The highest BCUT2D eigenvalue weighted by atomic mass is 35.5. The monoisotopic (exact) mass is 324 g/mol. The molecule has 0 spiro atoms. The van der Waals surface area contributed by atoms with E-state index in [-0.39, 0.29) is 16.8 Å². The summed E-state index contributed by atoms with van der Waals surface area (Å²) in [6.45, 7) is 3.83. The molecule has 1 amide bonds. The smallest absolute Gasteiger partial charge is 0.339 e. The molecule has 1 aromatic rings. The predicted octanol–water partition coefficient (Wildman–Crippen LogP) is 2.80. The number of carbonyl (C=O) groups excluding carboxylic acids is 2. The van der Waals surface area contributed by atoms with Gasteiger partial charge in [-0.1, -0.05) is 11.6 Å². The molecule has 5 nitrogen and oxygen atoms in total. The minimum Gasteiger partial charge on any atom is -0.462 e. The molecule has 1 saturated heterocycles. The van der Waals surface area contributed by atoms with E-state index >= 15 is 0 Å². The Bertz CT molecular complexity index is 562. The van der Waals surface area contributed by atoms with Crippen molar-refractivity contribution in [2.75, 3.05) is 32.1 Å². The molecule has 6 heteroatoms. The van der Waals surface area contributed by atoms with Crippen LogP contribution < -0.4 is 5.32 Å². The Kier molecular flexibility index (Phi) is 5.80. The third kappa shape index (κ3) is 4.21. The normalized spacial score (nSPS) is 18.8. The van der Waals surface area contributed by atoms with Crippen LogP contribution in [0.3, 0.4) is 0 Å². The fraction of sp³-hybridized carbons (Fsp3) is 0.500. The van der Waals surface area contributed by atoms with Gasteiger partial charge in [0.25, 0.3) is 0 Å². The lowest BCUT2D eigenvalue weighted by atomic mass is 9.97. The lowest BCUT2D eigenvalue weighted by Gasteiger charge is -2.28. The van der Waals surface area contributed by atoms with Crippen LogP contribution in [0.5, 0.6) is 0 Å². The van der Waals surface area contributed by atoms with Crippen molar-refractivity contribution in [3.63, 3.8) is 0 Å². The fourth-order valence-corrected chi connectivity index (χ4v) is 2.85. The van der Waals surface area contributed by atoms with E-state index in [1.165, 1.54) is 0 Å². The van der Waals surface area contributed by atoms with Crippen LogP contribution in [0.1, 0.15) is 30.1 Å². The van der Waals surface area contributed by atoms with Gasteiger partial charge in [-0.25, -0.2) is 4.79 Å². The van der Waals surface area contributed by atoms with E-state index < -0.39 is 5.97 Å². The fourth-order valence-electron chi connectivity index (χ4n) is 2.59. The highest BCUT2D eigenvalue weighted by Gasteiger charge is 2.24. The number of benzene rings is 1. The molecule has 120 valence electrons. The summed E-state index contributed by atoms with van der Waals surface area (Å²) in [4.78, 5) is 26.1. The molecule has 1 aliphatic rings.